The van der Waals surface area contributed by atoms with Crippen molar-refractivity contribution in [3.63, 3.8) is 0 Å². The van der Waals surface area contributed by atoms with E-state index in [1.54, 1.807) is 0 Å². The maximum Gasteiger partial charge on any atom is 0.377 e. The summed E-state index contributed by atoms with van der Waals surface area (Å²) in [5.41, 5.74) is 0. The van der Waals surface area contributed by atoms with E-state index in [1.807, 2.05) is 0 Å². The molecule has 1 heterocycles. The van der Waals surface area contributed by atoms with Crippen LogP contribution < -0.4 is 0 Å². The zero-order chi connectivity index (χ0) is 9.14. The molecule has 0 aromatic carbocycles. The Labute approximate surface area is 65.0 Å². The maximum absolute atomic E-state index is 10.5. The van der Waals surface area contributed by atoms with Gasteiger partial charge in [-0.25, -0.2) is 9.59 Å². The van der Waals surface area contributed by atoms with E-state index in [0.29, 0.717) is 0 Å². The van der Waals surface area contributed by atoms with Crippen LogP contribution in [0.1, 0.15) is 0 Å². The van der Waals surface area contributed by atoms with Gasteiger partial charge in [-0.2, -0.15) is 0 Å². The fraction of sp³-hybridized carbons (Fsp3) is 0.500. The van der Waals surface area contributed by atoms with Crippen LogP contribution in [0.3, 0.4) is 0 Å². The Morgan fingerprint density at radius 3 is 1.58 bits per heavy atom. The van der Waals surface area contributed by atoms with Gasteiger partial charge >= 0.3 is 11.9 Å². The highest BCUT2D eigenvalue weighted by atomic mass is 17.7. The van der Waals surface area contributed by atoms with Crippen LogP contribution in [0.15, 0.2) is 0 Å². The monoisotopic (exact) mass is 180 g/mol. The van der Waals surface area contributed by atoms with Crippen LogP contribution >= 0.6 is 0 Å². The van der Waals surface area contributed by atoms with Crippen LogP contribution in [0.5, 0.6) is 0 Å². The van der Waals surface area contributed by atoms with Crippen LogP contribution in [0.4, 0.5) is 0 Å². The van der Waals surface area contributed by atoms with Gasteiger partial charge in [0.1, 0.15) is 0 Å². The first-order valence-corrected chi connectivity index (χ1v) is 2.74. The molecule has 1 aliphatic heterocycles. The summed E-state index contributed by atoms with van der Waals surface area (Å²) < 4.78 is 0. The average Bonchev–Trinajstić information content (AvgIpc) is 2.07. The fourth-order valence-electron chi connectivity index (χ4n) is 0.451. The molecule has 8 nitrogen and oxygen atoms in total. The lowest BCUT2D eigenvalue weighted by molar-refractivity contribution is -0.604. The molecule has 0 aromatic heterocycles. The molecule has 1 saturated heterocycles. The first-order chi connectivity index (χ1) is 5.63. The van der Waals surface area contributed by atoms with Crippen molar-refractivity contribution in [3.8, 4) is 0 Å². The van der Waals surface area contributed by atoms with Crippen LogP contribution in [-0.4, -0.2) is 34.4 Å². The molecule has 0 aromatic rings. The Morgan fingerprint density at radius 1 is 0.917 bits per heavy atom. The third-order valence-electron chi connectivity index (χ3n) is 1.04. The van der Waals surface area contributed by atoms with Gasteiger partial charge in [0.15, 0.2) is 12.2 Å². The van der Waals surface area contributed by atoms with Crippen molar-refractivity contribution in [1.29, 1.82) is 0 Å². The molecule has 2 unspecified atom stereocenters. The van der Waals surface area contributed by atoms with E-state index in [0.717, 1.165) is 0 Å². The van der Waals surface area contributed by atoms with Crippen molar-refractivity contribution in [2.24, 2.45) is 0 Å². The maximum atomic E-state index is 10.5. The SMILES string of the molecule is O=C1OOOOC(=O)C(O)C1O. The van der Waals surface area contributed by atoms with Crippen molar-refractivity contribution >= 4 is 11.9 Å². The lowest BCUT2D eigenvalue weighted by Gasteiger charge is -2.15. The molecule has 68 valence electrons. The normalized spacial score (nSPS) is 31.5. The third kappa shape index (κ3) is 1.68. The molecule has 1 fully saturated rings. The summed E-state index contributed by atoms with van der Waals surface area (Å²) in [7, 11) is 0. The second-order valence-electron chi connectivity index (χ2n) is 1.83. The van der Waals surface area contributed by atoms with Gasteiger partial charge in [-0.1, -0.05) is 0 Å². The number of hydrogen-bond acceptors (Lipinski definition) is 8. The highest BCUT2D eigenvalue weighted by molar-refractivity contribution is 5.84. The second kappa shape index (κ2) is 3.45. The summed E-state index contributed by atoms with van der Waals surface area (Å²) >= 11 is 0. The first-order valence-electron chi connectivity index (χ1n) is 2.74. The van der Waals surface area contributed by atoms with Crippen molar-refractivity contribution in [2.75, 3.05) is 0 Å². The van der Waals surface area contributed by atoms with Gasteiger partial charge in [-0.15, -0.1) is 0 Å². The molecule has 2 atom stereocenters. The number of aliphatic hydroxyl groups is 2. The zero-order valence-corrected chi connectivity index (χ0v) is 5.50. The minimum Gasteiger partial charge on any atom is -0.378 e. The predicted octanol–water partition coefficient (Wildman–Crippen LogP) is -2.41. The fourth-order valence-corrected chi connectivity index (χ4v) is 0.451. The van der Waals surface area contributed by atoms with Gasteiger partial charge in [-0.3, -0.25) is 9.78 Å². The summed E-state index contributed by atoms with van der Waals surface area (Å²) in [5.74, 6) is -2.72. The second-order valence-corrected chi connectivity index (χ2v) is 1.83. The molecule has 0 saturated carbocycles. The quantitative estimate of drug-likeness (QED) is 0.396. The molecule has 8 heteroatoms. The number of hydrogen-bond donors (Lipinski definition) is 2. The Morgan fingerprint density at radius 2 is 1.25 bits per heavy atom. The molecular formula is C4H4O8. The van der Waals surface area contributed by atoms with Gasteiger partial charge in [0.05, 0.1) is 0 Å². The molecule has 1 aliphatic rings. The number of aliphatic hydroxyl groups excluding tert-OH is 2. The zero-order valence-electron chi connectivity index (χ0n) is 5.50. The van der Waals surface area contributed by atoms with Gasteiger partial charge in [0.2, 0.25) is 0 Å². The van der Waals surface area contributed by atoms with E-state index in [4.69, 9.17) is 10.2 Å². The van der Waals surface area contributed by atoms with E-state index >= 15 is 0 Å². The van der Waals surface area contributed by atoms with Gasteiger partial charge in [-0.05, 0) is 0 Å². The summed E-state index contributed by atoms with van der Waals surface area (Å²) in [6.45, 7) is 0. The molecule has 0 bridgehead atoms. The summed E-state index contributed by atoms with van der Waals surface area (Å²) in [5, 5.41) is 24.5. The number of carbonyl (C=O) groups is 2. The van der Waals surface area contributed by atoms with Crippen LogP contribution in [0, 0.1) is 0 Å². The first kappa shape index (κ1) is 8.87. The van der Waals surface area contributed by atoms with E-state index in [2.05, 4.69) is 19.9 Å². The Balaban J connectivity index is 2.67. The third-order valence-corrected chi connectivity index (χ3v) is 1.04. The van der Waals surface area contributed by atoms with Gasteiger partial charge < -0.3 is 10.2 Å². The molecule has 1 rings (SSSR count). The Hall–Kier alpha value is -1.22. The van der Waals surface area contributed by atoms with Gasteiger partial charge in [0, 0.05) is 10.1 Å². The molecular weight excluding hydrogens is 176 g/mol. The highest BCUT2D eigenvalue weighted by Crippen LogP contribution is 2.04. The highest BCUT2D eigenvalue weighted by Gasteiger charge is 2.36. The Bertz CT molecular complexity index is 177. The molecule has 0 aliphatic carbocycles. The lowest BCUT2D eigenvalue weighted by Crippen LogP contribution is -2.43. The van der Waals surface area contributed by atoms with Crippen LogP contribution in [0.2, 0.25) is 0 Å². The molecule has 12 heavy (non-hydrogen) atoms. The van der Waals surface area contributed by atoms with Crippen LogP contribution in [-0.2, 0) is 29.4 Å². The molecule has 0 amide bonds. The van der Waals surface area contributed by atoms with E-state index in [-0.39, 0.29) is 0 Å². The van der Waals surface area contributed by atoms with Gasteiger partial charge in [0.25, 0.3) is 0 Å². The standard InChI is InChI=1S/C4H4O8/c5-1-2(6)4(8)10-12-11-9-3(1)7/h1-2,5-6H. The Kier molecular flexibility index (Phi) is 2.55. The lowest BCUT2D eigenvalue weighted by atomic mass is 10.2. The molecule has 2 N–H and O–H groups in total. The minimum absolute atomic E-state index is 1.36. The van der Waals surface area contributed by atoms with Crippen molar-refractivity contribution in [2.45, 2.75) is 12.2 Å². The smallest absolute Gasteiger partial charge is 0.377 e. The molecule has 0 spiro atoms. The summed E-state index contributed by atoms with van der Waals surface area (Å²) in [4.78, 5) is 28.3. The average molecular weight is 180 g/mol. The van der Waals surface area contributed by atoms with Crippen molar-refractivity contribution in [3.05, 3.63) is 0 Å². The predicted molar refractivity (Wildman–Crippen MR) is 26.4 cm³/mol. The summed E-state index contributed by atoms with van der Waals surface area (Å²) in [6.07, 6.45) is -4.11. The van der Waals surface area contributed by atoms with Crippen molar-refractivity contribution < 1.29 is 39.7 Å². The largest absolute Gasteiger partial charge is 0.378 e. The topological polar surface area (TPSA) is 112 Å². The van der Waals surface area contributed by atoms with E-state index in [9.17, 15) is 9.59 Å². The number of rotatable bonds is 0. The molecule has 0 radical (unpaired) electrons. The van der Waals surface area contributed by atoms with Crippen LogP contribution in [0.25, 0.3) is 0 Å². The minimum atomic E-state index is -2.05. The number of carbonyl (C=O) groups excluding carboxylic acids is 2. The van der Waals surface area contributed by atoms with E-state index < -0.39 is 24.1 Å². The van der Waals surface area contributed by atoms with Crippen molar-refractivity contribution in [1.82, 2.24) is 0 Å². The summed E-state index contributed by atoms with van der Waals surface area (Å²) in [6, 6.07) is 0. The van der Waals surface area contributed by atoms with E-state index in [1.165, 1.54) is 0 Å².